The number of anilines is 1. The van der Waals surface area contributed by atoms with Crippen molar-refractivity contribution in [3.05, 3.63) is 24.0 Å². The second kappa shape index (κ2) is 7.24. The number of benzene rings is 1. The molecule has 2 amide bonds. The standard InChI is InChI=1S/C17H20F4N2O4/c1-16(2,3)27-13-6-9(18)4-5-12(13)22-15(26)23-7-10(14(24)25)11(8-23)17(19,20)21/h4-6,10-11H,7-8H2,1-3H3,(H,22,26)(H,24,25)/t10-,11-/m1/s1. The Bertz CT molecular complexity index is 731. The predicted molar refractivity (Wildman–Crippen MR) is 88.0 cm³/mol. The zero-order valence-corrected chi connectivity index (χ0v) is 14.9. The van der Waals surface area contributed by atoms with E-state index in [1.165, 1.54) is 6.07 Å². The molecule has 27 heavy (non-hydrogen) atoms. The number of halogens is 4. The number of carboxylic acid groups (broad SMARTS) is 1. The lowest BCUT2D eigenvalue weighted by atomic mass is 9.96. The maximum atomic E-state index is 13.5. The SMILES string of the molecule is CC(C)(C)Oc1cc(F)ccc1NC(=O)N1C[C@@H](C(F)(F)F)[C@H](C(=O)O)C1. The number of aliphatic carboxylic acids is 1. The van der Waals surface area contributed by atoms with Gasteiger partial charge in [0.1, 0.15) is 17.2 Å². The van der Waals surface area contributed by atoms with Gasteiger partial charge in [-0.05, 0) is 32.9 Å². The minimum atomic E-state index is -4.74. The van der Waals surface area contributed by atoms with Crippen LogP contribution in [-0.4, -0.2) is 46.9 Å². The molecule has 6 nitrogen and oxygen atoms in total. The summed E-state index contributed by atoms with van der Waals surface area (Å²) in [5.74, 6) is -6.12. The monoisotopic (exact) mass is 392 g/mol. The van der Waals surface area contributed by atoms with E-state index in [1.807, 2.05) is 0 Å². The van der Waals surface area contributed by atoms with Crippen LogP contribution in [0.4, 0.5) is 28.0 Å². The molecule has 1 aliphatic rings. The summed E-state index contributed by atoms with van der Waals surface area (Å²) < 4.78 is 58.2. The van der Waals surface area contributed by atoms with Crippen LogP contribution in [0.1, 0.15) is 20.8 Å². The van der Waals surface area contributed by atoms with Gasteiger partial charge in [0.05, 0.1) is 17.5 Å². The number of rotatable bonds is 3. The molecule has 1 saturated heterocycles. The van der Waals surface area contributed by atoms with Crippen molar-refractivity contribution in [2.75, 3.05) is 18.4 Å². The van der Waals surface area contributed by atoms with Crippen LogP contribution >= 0.6 is 0 Å². The highest BCUT2D eigenvalue weighted by atomic mass is 19.4. The maximum absolute atomic E-state index is 13.5. The molecule has 1 fully saturated rings. The first kappa shape index (κ1) is 20.8. The summed E-state index contributed by atoms with van der Waals surface area (Å²) in [6.07, 6.45) is -4.74. The molecule has 2 atom stereocenters. The lowest BCUT2D eigenvalue weighted by Gasteiger charge is -2.24. The first-order valence-electron chi connectivity index (χ1n) is 8.12. The minimum Gasteiger partial charge on any atom is -0.486 e. The Morgan fingerprint density at radius 1 is 1.22 bits per heavy atom. The summed E-state index contributed by atoms with van der Waals surface area (Å²) in [6.45, 7) is 3.75. The molecule has 10 heteroatoms. The van der Waals surface area contributed by atoms with Crippen LogP contribution in [-0.2, 0) is 4.79 Å². The van der Waals surface area contributed by atoms with E-state index in [1.54, 1.807) is 20.8 Å². The number of nitrogens with one attached hydrogen (secondary N) is 1. The minimum absolute atomic E-state index is 0.0113. The third-order valence-corrected chi connectivity index (χ3v) is 3.95. The first-order valence-corrected chi connectivity index (χ1v) is 8.12. The fraction of sp³-hybridized carbons (Fsp3) is 0.529. The van der Waals surface area contributed by atoms with Crippen molar-refractivity contribution in [2.24, 2.45) is 11.8 Å². The zero-order valence-electron chi connectivity index (χ0n) is 14.9. The summed E-state index contributed by atoms with van der Waals surface area (Å²) in [5.41, 5.74) is -0.643. The molecule has 0 saturated carbocycles. The van der Waals surface area contributed by atoms with Gasteiger partial charge in [-0.1, -0.05) is 0 Å². The molecular weight excluding hydrogens is 372 g/mol. The van der Waals surface area contributed by atoms with Gasteiger partial charge in [-0.2, -0.15) is 13.2 Å². The number of hydrogen-bond donors (Lipinski definition) is 2. The van der Waals surface area contributed by atoms with Crippen molar-refractivity contribution in [3.8, 4) is 5.75 Å². The summed E-state index contributed by atoms with van der Waals surface area (Å²) in [7, 11) is 0. The number of carbonyl (C=O) groups is 2. The summed E-state index contributed by atoms with van der Waals surface area (Å²) >= 11 is 0. The topological polar surface area (TPSA) is 78.9 Å². The Morgan fingerprint density at radius 3 is 2.33 bits per heavy atom. The van der Waals surface area contributed by atoms with Crippen LogP contribution in [0, 0.1) is 17.7 Å². The summed E-state index contributed by atoms with van der Waals surface area (Å²) in [6, 6.07) is 2.41. The van der Waals surface area contributed by atoms with E-state index in [9.17, 15) is 27.2 Å². The zero-order chi connectivity index (χ0) is 20.6. The molecule has 150 valence electrons. The van der Waals surface area contributed by atoms with E-state index >= 15 is 0 Å². The van der Waals surface area contributed by atoms with Crippen molar-refractivity contribution in [3.63, 3.8) is 0 Å². The largest absolute Gasteiger partial charge is 0.486 e. The van der Waals surface area contributed by atoms with Crippen LogP contribution < -0.4 is 10.1 Å². The highest BCUT2D eigenvalue weighted by Crippen LogP contribution is 2.38. The van der Waals surface area contributed by atoms with E-state index in [2.05, 4.69) is 5.32 Å². The highest BCUT2D eigenvalue weighted by molar-refractivity contribution is 5.91. The smallest absolute Gasteiger partial charge is 0.394 e. The van der Waals surface area contributed by atoms with Crippen LogP contribution in [0.5, 0.6) is 5.75 Å². The van der Waals surface area contributed by atoms with E-state index < -0.39 is 54.5 Å². The third-order valence-electron chi connectivity index (χ3n) is 3.95. The van der Waals surface area contributed by atoms with E-state index in [0.717, 1.165) is 17.0 Å². The number of carboxylic acids is 1. The second-order valence-corrected chi connectivity index (χ2v) is 7.28. The van der Waals surface area contributed by atoms with Gasteiger partial charge < -0.3 is 20.1 Å². The maximum Gasteiger partial charge on any atom is 0.394 e. The first-order chi connectivity index (χ1) is 12.3. The number of ether oxygens (including phenoxy) is 1. The Balaban J connectivity index is 2.19. The van der Waals surface area contributed by atoms with Crippen molar-refractivity contribution in [1.29, 1.82) is 0 Å². The van der Waals surface area contributed by atoms with Crippen LogP contribution in [0.25, 0.3) is 0 Å². The summed E-state index contributed by atoms with van der Waals surface area (Å²) in [4.78, 5) is 24.3. The van der Waals surface area contributed by atoms with Crippen molar-refractivity contribution in [1.82, 2.24) is 4.90 Å². The number of hydrogen-bond acceptors (Lipinski definition) is 3. The number of urea groups is 1. The van der Waals surface area contributed by atoms with Crippen LogP contribution in [0.3, 0.4) is 0 Å². The van der Waals surface area contributed by atoms with Crippen LogP contribution in [0.15, 0.2) is 18.2 Å². The Morgan fingerprint density at radius 2 is 1.85 bits per heavy atom. The van der Waals surface area contributed by atoms with Gasteiger partial charge >= 0.3 is 18.2 Å². The molecular formula is C17H20F4N2O4. The average molecular weight is 392 g/mol. The normalized spacial score (nSPS) is 20.5. The Hall–Kier alpha value is -2.52. The second-order valence-electron chi connectivity index (χ2n) is 7.28. The van der Waals surface area contributed by atoms with Crippen molar-refractivity contribution in [2.45, 2.75) is 32.5 Å². The molecule has 2 rings (SSSR count). The number of carbonyl (C=O) groups excluding carboxylic acids is 1. The molecule has 1 heterocycles. The van der Waals surface area contributed by atoms with E-state index in [-0.39, 0.29) is 11.4 Å². The van der Waals surface area contributed by atoms with Gasteiger partial charge in [-0.15, -0.1) is 0 Å². The molecule has 0 spiro atoms. The lowest BCUT2D eigenvalue weighted by Crippen LogP contribution is -2.35. The molecule has 1 aromatic rings. The van der Waals surface area contributed by atoms with Gasteiger partial charge in [0.15, 0.2) is 0 Å². The van der Waals surface area contributed by atoms with Gasteiger partial charge in [-0.25, -0.2) is 9.18 Å². The Labute approximate surface area is 153 Å². The van der Waals surface area contributed by atoms with E-state index in [0.29, 0.717) is 0 Å². The fourth-order valence-corrected chi connectivity index (χ4v) is 2.76. The molecule has 0 bridgehead atoms. The quantitative estimate of drug-likeness (QED) is 0.769. The predicted octanol–water partition coefficient (Wildman–Crippen LogP) is 3.73. The molecule has 0 aliphatic carbocycles. The van der Waals surface area contributed by atoms with Gasteiger partial charge in [0.25, 0.3) is 0 Å². The highest BCUT2D eigenvalue weighted by Gasteiger charge is 2.53. The lowest BCUT2D eigenvalue weighted by molar-refractivity contribution is -0.187. The van der Waals surface area contributed by atoms with Gasteiger partial charge in [0, 0.05) is 19.2 Å². The summed E-state index contributed by atoms with van der Waals surface area (Å²) in [5, 5.41) is 11.4. The number of nitrogens with zero attached hydrogens (tertiary/aromatic N) is 1. The average Bonchev–Trinajstić information content (AvgIpc) is 2.94. The number of alkyl halides is 3. The molecule has 0 aromatic heterocycles. The van der Waals surface area contributed by atoms with Gasteiger partial charge in [0.2, 0.25) is 0 Å². The molecule has 0 unspecified atom stereocenters. The third kappa shape index (κ3) is 5.24. The fourth-order valence-electron chi connectivity index (χ4n) is 2.76. The van der Waals surface area contributed by atoms with Crippen LogP contribution in [0.2, 0.25) is 0 Å². The number of amides is 2. The number of likely N-dealkylation sites (tertiary alicyclic amines) is 1. The molecule has 1 aliphatic heterocycles. The molecule has 1 aromatic carbocycles. The Kier molecular flexibility index (Phi) is 5.58. The molecule has 2 N–H and O–H groups in total. The molecule has 0 radical (unpaired) electrons. The van der Waals surface area contributed by atoms with Crippen molar-refractivity contribution >= 4 is 17.7 Å². The van der Waals surface area contributed by atoms with Crippen molar-refractivity contribution < 1.29 is 37.0 Å². The van der Waals surface area contributed by atoms with Gasteiger partial charge in [-0.3, -0.25) is 4.79 Å². The van der Waals surface area contributed by atoms with E-state index in [4.69, 9.17) is 9.84 Å².